The molecule has 0 aliphatic carbocycles. The van der Waals surface area contributed by atoms with E-state index in [-0.39, 0.29) is 17.9 Å². The summed E-state index contributed by atoms with van der Waals surface area (Å²) in [4.78, 5) is 0. The summed E-state index contributed by atoms with van der Waals surface area (Å²) >= 11 is 0. The lowest BCUT2D eigenvalue weighted by atomic mass is 10.2. The Morgan fingerprint density at radius 2 is 2.08 bits per heavy atom. The van der Waals surface area contributed by atoms with Crippen molar-refractivity contribution >= 4 is 0 Å². The maximum Gasteiger partial charge on any atom is 0.169 e. The van der Waals surface area contributed by atoms with E-state index in [1.165, 1.54) is 7.11 Å². The molecule has 1 aromatic rings. The third-order valence-electron chi connectivity index (χ3n) is 1.52. The lowest BCUT2D eigenvalue weighted by molar-refractivity contribution is 0.380. The van der Waals surface area contributed by atoms with Crippen LogP contribution >= 0.6 is 0 Å². The van der Waals surface area contributed by atoms with Crippen molar-refractivity contribution in [1.82, 2.24) is 0 Å². The van der Waals surface area contributed by atoms with E-state index in [2.05, 4.69) is 4.74 Å². The number of methoxy groups -OCH3 is 1. The van der Waals surface area contributed by atoms with Crippen molar-refractivity contribution in [3.63, 3.8) is 0 Å². The van der Waals surface area contributed by atoms with E-state index < -0.39 is 11.6 Å². The van der Waals surface area contributed by atoms with E-state index in [1.54, 1.807) is 0 Å². The second kappa shape index (κ2) is 3.49. The standard InChI is InChI=1S/C8H9F2NO/c1-12-7-3-6(9)2-5(4-11)8(7)10/h2-3H,4,11H2,1H3. The van der Waals surface area contributed by atoms with Crippen LogP contribution in [0.25, 0.3) is 0 Å². The summed E-state index contributed by atoms with van der Waals surface area (Å²) < 4.78 is 30.4. The van der Waals surface area contributed by atoms with Crippen LogP contribution in [0.4, 0.5) is 8.78 Å². The molecule has 0 heterocycles. The molecule has 66 valence electrons. The van der Waals surface area contributed by atoms with Gasteiger partial charge < -0.3 is 10.5 Å². The maximum atomic E-state index is 13.1. The molecule has 12 heavy (non-hydrogen) atoms. The molecule has 2 nitrogen and oxygen atoms in total. The van der Waals surface area contributed by atoms with E-state index in [4.69, 9.17) is 5.73 Å². The zero-order valence-electron chi connectivity index (χ0n) is 6.60. The topological polar surface area (TPSA) is 35.2 Å². The van der Waals surface area contributed by atoms with Gasteiger partial charge in [-0.1, -0.05) is 0 Å². The summed E-state index contributed by atoms with van der Waals surface area (Å²) in [5.41, 5.74) is 5.30. The minimum absolute atomic E-state index is 0.0417. The van der Waals surface area contributed by atoms with Crippen LogP contribution in [0.1, 0.15) is 5.56 Å². The summed E-state index contributed by atoms with van der Waals surface area (Å²) in [5.74, 6) is -1.26. The van der Waals surface area contributed by atoms with Crippen LogP contribution in [0.3, 0.4) is 0 Å². The van der Waals surface area contributed by atoms with Crippen molar-refractivity contribution < 1.29 is 13.5 Å². The molecule has 0 fully saturated rings. The fraction of sp³-hybridized carbons (Fsp3) is 0.250. The highest BCUT2D eigenvalue weighted by Gasteiger charge is 2.09. The number of rotatable bonds is 2. The van der Waals surface area contributed by atoms with Gasteiger partial charge >= 0.3 is 0 Å². The van der Waals surface area contributed by atoms with E-state index in [1.807, 2.05) is 0 Å². The molecule has 0 aromatic heterocycles. The first-order chi connectivity index (χ1) is 5.69. The van der Waals surface area contributed by atoms with Gasteiger partial charge in [-0.05, 0) is 6.07 Å². The second-order valence-electron chi connectivity index (χ2n) is 2.29. The van der Waals surface area contributed by atoms with Gasteiger partial charge in [-0.3, -0.25) is 0 Å². The Labute approximate surface area is 68.9 Å². The highest BCUT2D eigenvalue weighted by Crippen LogP contribution is 2.21. The average Bonchev–Trinajstić information content (AvgIpc) is 2.08. The number of benzene rings is 1. The number of halogens is 2. The van der Waals surface area contributed by atoms with E-state index in [0.29, 0.717) is 0 Å². The molecular weight excluding hydrogens is 164 g/mol. The molecule has 2 N–H and O–H groups in total. The normalized spacial score (nSPS) is 10.0. The molecule has 0 aliphatic heterocycles. The van der Waals surface area contributed by atoms with Gasteiger partial charge in [-0.25, -0.2) is 8.78 Å². The first kappa shape index (κ1) is 8.93. The minimum Gasteiger partial charge on any atom is -0.494 e. The summed E-state index contributed by atoms with van der Waals surface area (Å²) in [6.45, 7) is -0.0417. The van der Waals surface area contributed by atoms with Crippen LogP contribution in [-0.2, 0) is 6.54 Å². The van der Waals surface area contributed by atoms with Gasteiger partial charge in [0.1, 0.15) is 5.82 Å². The molecule has 4 heteroatoms. The zero-order chi connectivity index (χ0) is 9.14. The van der Waals surface area contributed by atoms with Crippen molar-refractivity contribution in [3.8, 4) is 5.75 Å². The fourth-order valence-electron chi connectivity index (χ4n) is 0.915. The highest BCUT2D eigenvalue weighted by atomic mass is 19.1. The monoisotopic (exact) mass is 173 g/mol. The molecule has 0 amide bonds. The van der Waals surface area contributed by atoms with Gasteiger partial charge in [0.15, 0.2) is 11.6 Å². The maximum absolute atomic E-state index is 13.1. The van der Waals surface area contributed by atoms with Crippen LogP contribution in [0.2, 0.25) is 0 Å². The molecule has 0 saturated heterocycles. The SMILES string of the molecule is COc1cc(F)cc(CN)c1F. The zero-order valence-corrected chi connectivity index (χ0v) is 6.60. The molecule has 0 saturated carbocycles. The number of hydrogen-bond donors (Lipinski definition) is 1. The third kappa shape index (κ3) is 1.53. The Morgan fingerprint density at radius 1 is 1.42 bits per heavy atom. The number of nitrogens with two attached hydrogens (primary N) is 1. The molecule has 0 bridgehead atoms. The number of ether oxygens (including phenoxy) is 1. The van der Waals surface area contributed by atoms with E-state index in [0.717, 1.165) is 12.1 Å². The first-order valence-electron chi connectivity index (χ1n) is 3.41. The van der Waals surface area contributed by atoms with Crippen LogP contribution in [0, 0.1) is 11.6 Å². The Balaban J connectivity index is 3.22. The Bertz CT molecular complexity index is 263. The predicted octanol–water partition coefficient (Wildman–Crippen LogP) is 1.43. The summed E-state index contributed by atoms with van der Waals surface area (Å²) in [5, 5.41) is 0. The molecule has 1 aromatic carbocycles. The van der Waals surface area contributed by atoms with Crippen LogP contribution in [0.15, 0.2) is 12.1 Å². The smallest absolute Gasteiger partial charge is 0.169 e. The predicted molar refractivity (Wildman–Crippen MR) is 40.8 cm³/mol. The van der Waals surface area contributed by atoms with Crippen molar-refractivity contribution in [2.24, 2.45) is 5.73 Å². The minimum atomic E-state index is -0.596. The summed E-state index contributed by atoms with van der Waals surface area (Å²) in [7, 11) is 1.28. The van der Waals surface area contributed by atoms with Gasteiger partial charge in [0.05, 0.1) is 7.11 Å². The van der Waals surface area contributed by atoms with Crippen LogP contribution in [0.5, 0.6) is 5.75 Å². The number of hydrogen-bond acceptors (Lipinski definition) is 2. The highest BCUT2D eigenvalue weighted by molar-refractivity contribution is 5.31. The third-order valence-corrected chi connectivity index (χ3v) is 1.52. The van der Waals surface area contributed by atoms with Gasteiger partial charge in [-0.15, -0.1) is 0 Å². The van der Waals surface area contributed by atoms with Crippen LogP contribution < -0.4 is 10.5 Å². The quantitative estimate of drug-likeness (QED) is 0.734. The largest absolute Gasteiger partial charge is 0.494 e. The van der Waals surface area contributed by atoms with E-state index >= 15 is 0 Å². The second-order valence-corrected chi connectivity index (χ2v) is 2.29. The molecule has 0 atom stereocenters. The van der Waals surface area contributed by atoms with Crippen molar-refractivity contribution in [2.45, 2.75) is 6.54 Å². The van der Waals surface area contributed by atoms with Gasteiger partial charge in [-0.2, -0.15) is 0 Å². The summed E-state index contributed by atoms with van der Waals surface area (Å²) in [6, 6.07) is 2.03. The molecule has 0 spiro atoms. The van der Waals surface area contributed by atoms with E-state index in [9.17, 15) is 8.78 Å². The van der Waals surface area contributed by atoms with Gasteiger partial charge in [0.25, 0.3) is 0 Å². The van der Waals surface area contributed by atoms with Gasteiger partial charge in [0.2, 0.25) is 0 Å². The molecule has 0 radical (unpaired) electrons. The Kier molecular flexibility index (Phi) is 2.60. The molecule has 1 rings (SSSR count). The van der Waals surface area contributed by atoms with Crippen molar-refractivity contribution in [2.75, 3.05) is 7.11 Å². The Morgan fingerprint density at radius 3 is 2.58 bits per heavy atom. The van der Waals surface area contributed by atoms with Crippen LogP contribution in [-0.4, -0.2) is 7.11 Å². The van der Waals surface area contributed by atoms with Crippen molar-refractivity contribution in [3.05, 3.63) is 29.3 Å². The molecule has 0 unspecified atom stereocenters. The Hall–Kier alpha value is -1.16. The average molecular weight is 173 g/mol. The van der Waals surface area contributed by atoms with Gasteiger partial charge in [0, 0.05) is 18.2 Å². The molecular formula is C8H9F2NO. The lowest BCUT2D eigenvalue weighted by Gasteiger charge is -2.05. The lowest BCUT2D eigenvalue weighted by Crippen LogP contribution is -2.02. The van der Waals surface area contributed by atoms with Crippen molar-refractivity contribution in [1.29, 1.82) is 0 Å². The summed E-state index contributed by atoms with van der Waals surface area (Å²) in [6.07, 6.45) is 0. The first-order valence-corrected chi connectivity index (χ1v) is 3.41. The molecule has 0 aliphatic rings. The fourth-order valence-corrected chi connectivity index (χ4v) is 0.915.